The third-order valence-corrected chi connectivity index (χ3v) is 14.7. The van der Waals surface area contributed by atoms with Crippen LogP contribution in [0.3, 0.4) is 0 Å². The van der Waals surface area contributed by atoms with E-state index in [-0.39, 0.29) is 85.2 Å². The number of rotatable bonds is 4. The number of esters is 1. The standard InChI is InChI=1S/C38H53N2O6/c1-23(41)46-30-14-15-36(6)29(33(30,2)3)13-16-38(8)31(36)28(42)21-24-25-22-35(5,18-17-34(25,4)19-20-37(24,38)7)32(43)39-26-11-9-10-12-27(26)40(44)45/h9-12,21,25,29-31,44H,13-20,22H2,1-8H3,(H,39,43)/q-1/t25-,29+,30+,31+,34-,35+,36+,37+,38+/m0/s1. The molecule has 0 aromatic heterocycles. The van der Waals surface area contributed by atoms with E-state index in [1.165, 1.54) is 18.6 Å². The van der Waals surface area contributed by atoms with E-state index >= 15 is 0 Å². The van der Waals surface area contributed by atoms with Crippen LogP contribution in [0.1, 0.15) is 113 Å². The van der Waals surface area contributed by atoms with Crippen molar-refractivity contribution in [3.05, 3.63) is 41.1 Å². The summed E-state index contributed by atoms with van der Waals surface area (Å²) in [7, 11) is 0. The second-order valence-corrected chi connectivity index (χ2v) is 17.5. The number of ether oxygens (including phenoxy) is 1. The quantitative estimate of drug-likeness (QED) is 0.253. The Balaban J connectivity index is 1.34. The van der Waals surface area contributed by atoms with Crippen LogP contribution in [0.5, 0.6) is 0 Å². The van der Waals surface area contributed by atoms with Gasteiger partial charge in [-0.1, -0.05) is 66.2 Å². The molecule has 252 valence electrons. The van der Waals surface area contributed by atoms with E-state index in [4.69, 9.17) is 4.74 Å². The lowest BCUT2D eigenvalue weighted by Gasteiger charge is -2.70. The minimum absolute atomic E-state index is 0.000874. The minimum atomic E-state index is -0.705. The van der Waals surface area contributed by atoms with Gasteiger partial charge < -0.3 is 20.5 Å². The molecular weight excluding hydrogens is 580 g/mol. The average molecular weight is 634 g/mol. The molecule has 0 unspecified atom stereocenters. The Hall–Kier alpha value is -2.71. The molecule has 5 aliphatic carbocycles. The second-order valence-electron chi connectivity index (χ2n) is 17.5. The first kappa shape index (κ1) is 33.2. The van der Waals surface area contributed by atoms with Gasteiger partial charge in [-0.3, -0.25) is 19.6 Å². The van der Waals surface area contributed by atoms with E-state index in [0.29, 0.717) is 12.8 Å². The van der Waals surface area contributed by atoms with Gasteiger partial charge in [0.25, 0.3) is 0 Å². The summed E-state index contributed by atoms with van der Waals surface area (Å²) in [4.78, 5) is 40.6. The zero-order valence-electron chi connectivity index (χ0n) is 29.0. The first-order valence-electron chi connectivity index (χ1n) is 17.3. The summed E-state index contributed by atoms with van der Waals surface area (Å²) in [5, 5.41) is 24.1. The van der Waals surface area contributed by atoms with Crippen molar-refractivity contribution < 1.29 is 24.3 Å². The normalized spacial score (nSPS) is 42.7. The highest BCUT2D eigenvalue weighted by Gasteiger charge is 2.70. The minimum Gasteiger partial charge on any atom is -0.733 e. The van der Waals surface area contributed by atoms with E-state index in [1.807, 2.05) is 13.0 Å². The number of carbonyl (C=O) groups is 3. The number of ketones is 1. The number of benzene rings is 1. The predicted octanol–water partition coefficient (Wildman–Crippen LogP) is 8.23. The summed E-state index contributed by atoms with van der Waals surface area (Å²) in [5.74, 6) is 0.0709. The van der Waals surface area contributed by atoms with Crippen molar-refractivity contribution in [3.63, 3.8) is 0 Å². The SMILES string of the molecule is CC(=O)O[C@@H]1CC[C@]2(C)[C@H](CC[C@]3(C)[C@@H]2C(=O)C=C2[C@@H]4C[C@](C)(C(=O)Nc5ccccc5N([O-])O)CC[C@@]4(C)CC[C@]23C)C1(C)C. The molecule has 0 saturated heterocycles. The number of nitrogens with zero attached hydrogens (tertiary/aromatic N) is 1. The largest absolute Gasteiger partial charge is 0.733 e. The summed E-state index contributed by atoms with van der Waals surface area (Å²) in [6.07, 6.45) is 9.74. The van der Waals surface area contributed by atoms with Crippen molar-refractivity contribution in [2.75, 3.05) is 10.5 Å². The molecule has 0 bridgehead atoms. The molecule has 46 heavy (non-hydrogen) atoms. The second kappa shape index (κ2) is 10.6. The zero-order chi connectivity index (χ0) is 33.7. The Labute approximate surface area is 274 Å². The van der Waals surface area contributed by atoms with Gasteiger partial charge >= 0.3 is 5.97 Å². The number of carbonyl (C=O) groups excluding carboxylic acids is 3. The third kappa shape index (κ3) is 4.63. The predicted molar refractivity (Wildman–Crippen MR) is 178 cm³/mol. The number of amides is 1. The summed E-state index contributed by atoms with van der Waals surface area (Å²) >= 11 is 0. The number of anilines is 2. The van der Waals surface area contributed by atoms with Crippen molar-refractivity contribution in [2.45, 2.75) is 119 Å². The van der Waals surface area contributed by atoms with E-state index in [0.717, 1.165) is 44.9 Å². The lowest BCUT2D eigenvalue weighted by molar-refractivity contribution is -0.210. The maximum absolute atomic E-state index is 14.7. The first-order chi connectivity index (χ1) is 21.3. The van der Waals surface area contributed by atoms with Gasteiger partial charge in [0.15, 0.2) is 5.78 Å². The van der Waals surface area contributed by atoms with Gasteiger partial charge in [0.05, 0.1) is 11.4 Å². The van der Waals surface area contributed by atoms with Crippen molar-refractivity contribution in [2.24, 2.45) is 50.2 Å². The number of para-hydroxylation sites is 2. The molecule has 0 radical (unpaired) electrons. The molecule has 6 rings (SSSR count). The number of hydrogen-bond donors (Lipinski definition) is 2. The van der Waals surface area contributed by atoms with Crippen LogP contribution in [-0.2, 0) is 19.1 Å². The number of hydrogen-bond acceptors (Lipinski definition) is 7. The van der Waals surface area contributed by atoms with Crippen molar-refractivity contribution in [1.82, 2.24) is 0 Å². The molecule has 8 nitrogen and oxygen atoms in total. The molecule has 8 heteroatoms. The van der Waals surface area contributed by atoms with Crippen LogP contribution >= 0.6 is 0 Å². The third-order valence-electron chi connectivity index (χ3n) is 14.7. The van der Waals surface area contributed by atoms with Crippen molar-refractivity contribution >= 4 is 29.0 Å². The molecule has 1 aromatic rings. The Kier molecular flexibility index (Phi) is 7.68. The van der Waals surface area contributed by atoms with Crippen LogP contribution in [-0.4, -0.2) is 29.0 Å². The average Bonchev–Trinajstić information content (AvgIpc) is 2.96. The summed E-state index contributed by atoms with van der Waals surface area (Å²) in [6, 6.07) is 6.47. The number of fused-ring (bicyclic) bond motifs is 7. The van der Waals surface area contributed by atoms with Gasteiger partial charge in [0, 0.05) is 23.7 Å². The monoisotopic (exact) mass is 633 g/mol. The number of nitrogens with one attached hydrogen (secondary N) is 1. The van der Waals surface area contributed by atoms with Gasteiger partial charge in [-0.15, -0.1) is 0 Å². The zero-order valence-corrected chi connectivity index (χ0v) is 29.0. The molecule has 0 heterocycles. The van der Waals surface area contributed by atoms with E-state index in [2.05, 4.69) is 46.9 Å². The molecule has 0 spiro atoms. The fourth-order valence-corrected chi connectivity index (χ4v) is 11.8. The van der Waals surface area contributed by atoms with Crippen LogP contribution < -0.4 is 10.5 Å². The highest BCUT2D eigenvalue weighted by molar-refractivity contribution is 5.98. The Morgan fingerprint density at radius 3 is 2.30 bits per heavy atom. The summed E-state index contributed by atoms with van der Waals surface area (Å²) in [5.41, 5.74) is -0.0246. The smallest absolute Gasteiger partial charge is 0.302 e. The van der Waals surface area contributed by atoms with Gasteiger partial charge in [-0.2, -0.15) is 0 Å². The summed E-state index contributed by atoms with van der Waals surface area (Å²) in [6.45, 7) is 17.4. The molecule has 4 saturated carbocycles. The summed E-state index contributed by atoms with van der Waals surface area (Å²) < 4.78 is 5.86. The van der Waals surface area contributed by atoms with Crippen molar-refractivity contribution in [3.8, 4) is 0 Å². The molecule has 0 aliphatic heterocycles. The van der Waals surface area contributed by atoms with Crippen LogP contribution in [0.15, 0.2) is 35.9 Å². The molecule has 2 N–H and O–H groups in total. The molecule has 5 aliphatic rings. The van der Waals surface area contributed by atoms with Gasteiger partial charge in [0.1, 0.15) is 6.10 Å². The maximum Gasteiger partial charge on any atom is 0.302 e. The molecule has 4 fully saturated rings. The highest BCUT2D eigenvalue weighted by atomic mass is 16.8. The number of allylic oxidation sites excluding steroid dienone is 2. The Morgan fingerprint density at radius 2 is 1.63 bits per heavy atom. The van der Waals surface area contributed by atoms with Crippen LogP contribution in [0.2, 0.25) is 0 Å². The van der Waals surface area contributed by atoms with E-state index in [9.17, 15) is 24.8 Å². The van der Waals surface area contributed by atoms with Crippen LogP contribution in [0.4, 0.5) is 11.4 Å². The van der Waals surface area contributed by atoms with Gasteiger partial charge in [-0.05, 0) is 109 Å². The van der Waals surface area contributed by atoms with E-state index < -0.39 is 5.41 Å². The van der Waals surface area contributed by atoms with Crippen molar-refractivity contribution in [1.29, 1.82) is 0 Å². The molecule has 1 amide bonds. The van der Waals surface area contributed by atoms with Crippen LogP contribution in [0, 0.1) is 55.5 Å². The topological polar surface area (TPSA) is 119 Å². The van der Waals surface area contributed by atoms with Gasteiger partial charge in [0.2, 0.25) is 5.91 Å². The fourth-order valence-electron chi connectivity index (χ4n) is 11.8. The lowest BCUT2D eigenvalue weighted by atomic mass is 9.33. The molecule has 9 atom stereocenters. The van der Waals surface area contributed by atoms with Crippen LogP contribution in [0.25, 0.3) is 0 Å². The Bertz CT molecular complexity index is 1480. The molecular formula is C38H53N2O6-. The van der Waals surface area contributed by atoms with Gasteiger partial charge in [-0.25, -0.2) is 0 Å². The van der Waals surface area contributed by atoms with E-state index in [1.54, 1.807) is 18.2 Å². The first-order valence-corrected chi connectivity index (χ1v) is 17.3. The fraction of sp³-hybridized carbons (Fsp3) is 0.711. The highest BCUT2D eigenvalue weighted by Crippen LogP contribution is 2.75. The lowest BCUT2D eigenvalue weighted by Crippen LogP contribution is -2.66. The maximum atomic E-state index is 14.7. The molecule has 1 aromatic carbocycles. The Morgan fingerprint density at radius 1 is 0.957 bits per heavy atom.